The number of rotatable bonds is 8. The summed E-state index contributed by atoms with van der Waals surface area (Å²) in [5.41, 5.74) is 1.08. The van der Waals surface area contributed by atoms with Gasteiger partial charge in [-0.05, 0) is 31.0 Å². The van der Waals surface area contributed by atoms with Crippen LogP contribution in [0.3, 0.4) is 0 Å². The molecule has 0 aliphatic heterocycles. The second-order valence-corrected chi connectivity index (χ2v) is 7.26. The van der Waals surface area contributed by atoms with Crippen LogP contribution in [0.4, 0.5) is 0 Å². The van der Waals surface area contributed by atoms with E-state index in [1.165, 1.54) is 24.5 Å². The van der Waals surface area contributed by atoms with Crippen molar-refractivity contribution in [1.29, 1.82) is 0 Å². The maximum absolute atomic E-state index is 12.8. The summed E-state index contributed by atoms with van der Waals surface area (Å²) in [6.45, 7) is 4.79. The summed E-state index contributed by atoms with van der Waals surface area (Å²) in [4.78, 5) is 29.6. The maximum atomic E-state index is 12.8. The average Bonchev–Trinajstić information content (AvgIpc) is 3.03. The van der Waals surface area contributed by atoms with E-state index in [1.807, 2.05) is 35.8 Å². The number of hydrogen-bond donors (Lipinski definition) is 0. The van der Waals surface area contributed by atoms with E-state index in [2.05, 4.69) is 11.9 Å². The molecule has 0 radical (unpaired) electrons. The van der Waals surface area contributed by atoms with Gasteiger partial charge in [0.2, 0.25) is 0 Å². The third-order valence-electron chi connectivity index (χ3n) is 5.00. The van der Waals surface area contributed by atoms with Crippen LogP contribution in [-0.2, 0) is 20.6 Å². The monoisotopic (exact) mass is 384 g/mol. The highest BCUT2D eigenvalue weighted by molar-refractivity contribution is 5.72. The Labute approximate surface area is 164 Å². The number of imidazole rings is 1. The Balaban J connectivity index is 2.06. The zero-order chi connectivity index (χ0) is 20.3. The van der Waals surface area contributed by atoms with Crippen LogP contribution in [0, 0.1) is 6.92 Å². The normalized spacial score (nSPS) is 11.3. The van der Waals surface area contributed by atoms with Crippen molar-refractivity contribution in [3.8, 4) is 11.8 Å². The number of aromatic nitrogens is 4. The van der Waals surface area contributed by atoms with Crippen molar-refractivity contribution < 1.29 is 4.74 Å². The molecule has 150 valence electrons. The largest absolute Gasteiger partial charge is 0.425 e. The Bertz CT molecular complexity index is 1090. The molecule has 0 aliphatic carbocycles. The number of fused-ring (bicyclic) bond motifs is 1. The van der Waals surface area contributed by atoms with E-state index in [1.54, 1.807) is 7.05 Å². The molecule has 0 bridgehead atoms. The van der Waals surface area contributed by atoms with Gasteiger partial charge in [-0.1, -0.05) is 44.7 Å². The van der Waals surface area contributed by atoms with Crippen LogP contribution in [0.2, 0.25) is 0 Å². The molecule has 0 fully saturated rings. The van der Waals surface area contributed by atoms with E-state index >= 15 is 0 Å². The predicted molar refractivity (Wildman–Crippen MR) is 110 cm³/mol. The van der Waals surface area contributed by atoms with Crippen LogP contribution in [0.15, 0.2) is 33.9 Å². The van der Waals surface area contributed by atoms with Gasteiger partial charge in [0.1, 0.15) is 5.75 Å². The molecule has 0 saturated heterocycles. The Hall–Kier alpha value is -2.83. The molecule has 0 aliphatic rings. The fourth-order valence-electron chi connectivity index (χ4n) is 3.37. The molecule has 2 heterocycles. The lowest BCUT2D eigenvalue weighted by molar-refractivity contribution is 0.408. The minimum absolute atomic E-state index is 0.342. The topological polar surface area (TPSA) is 71.1 Å². The molecule has 3 rings (SSSR count). The molecule has 0 amide bonds. The molecule has 1 aromatic carbocycles. The average molecular weight is 384 g/mol. The van der Waals surface area contributed by atoms with Crippen LogP contribution in [0.25, 0.3) is 11.2 Å². The molecule has 0 unspecified atom stereocenters. The maximum Gasteiger partial charge on any atom is 0.332 e. The zero-order valence-electron chi connectivity index (χ0n) is 17.1. The Morgan fingerprint density at radius 1 is 1.04 bits per heavy atom. The summed E-state index contributed by atoms with van der Waals surface area (Å²) < 4.78 is 10.4. The highest BCUT2D eigenvalue weighted by atomic mass is 16.5. The minimum Gasteiger partial charge on any atom is -0.425 e. The lowest BCUT2D eigenvalue weighted by Gasteiger charge is -2.10. The molecule has 2 aromatic heterocycles. The molecule has 0 saturated carbocycles. The quantitative estimate of drug-likeness (QED) is 0.557. The first-order valence-corrected chi connectivity index (χ1v) is 9.84. The SMILES string of the molecule is CCCCCCCn1c(Oc2cccc(C)c2)nc2c1c(=O)n(C)c(=O)n2C. The number of hydrogen-bond acceptors (Lipinski definition) is 4. The second kappa shape index (κ2) is 8.46. The number of aryl methyl sites for hydroxylation is 3. The molecule has 0 spiro atoms. The van der Waals surface area contributed by atoms with Gasteiger partial charge in [-0.15, -0.1) is 0 Å². The van der Waals surface area contributed by atoms with Crippen molar-refractivity contribution in [1.82, 2.24) is 18.7 Å². The first-order valence-electron chi connectivity index (χ1n) is 9.84. The second-order valence-electron chi connectivity index (χ2n) is 7.26. The molecule has 28 heavy (non-hydrogen) atoms. The number of nitrogens with zero attached hydrogens (tertiary/aromatic N) is 4. The highest BCUT2D eigenvalue weighted by Crippen LogP contribution is 2.25. The summed E-state index contributed by atoms with van der Waals surface area (Å²) >= 11 is 0. The van der Waals surface area contributed by atoms with Crippen molar-refractivity contribution in [2.75, 3.05) is 0 Å². The standard InChI is InChI=1S/C21H28N4O3/c1-5-6-7-8-9-13-25-17-18(23(3)21(27)24(4)19(17)26)22-20(25)28-16-12-10-11-15(2)14-16/h10-12,14H,5-9,13H2,1-4H3. The van der Waals surface area contributed by atoms with Gasteiger partial charge in [0, 0.05) is 20.6 Å². The van der Waals surface area contributed by atoms with Crippen LogP contribution in [-0.4, -0.2) is 18.7 Å². The van der Waals surface area contributed by atoms with Crippen LogP contribution in [0.1, 0.15) is 44.6 Å². The van der Waals surface area contributed by atoms with Crippen molar-refractivity contribution in [3.05, 3.63) is 50.7 Å². The molecular weight excluding hydrogens is 356 g/mol. The Kier molecular flexibility index (Phi) is 6.02. The first-order chi connectivity index (χ1) is 13.4. The highest BCUT2D eigenvalue weighted by Gasteiger charge is 2.20. The third-order valence-corrected chi connectivity index (χ3v) is 5.00. The van der Waals surface area contributed by atoms with Crippen molar-refractivity contribution in [2.45, 2.75) is 52.5 Å². The summed E-state index contributed by atoms with van der Waals surface area (Å²) in [7, 11) is 3.11. The van der Waals surface area contributed by atoms with E-state index in [0.717, 1.165) is 29.4 Å². The van der Waals surface area contributed by atoms with Gasteiger partial charge < -0.3 is 4.74 Å². The van der Waals surface area contributed by atoms with Gasteiger partial charge in [0.15, 0.2) is 11.2 Å². The zero-order valence-corrected chi connectivity index (χ0v) is 17.1. The van der Waals surface area contributed by atoms with Crippen LogP contribution >= 0.6 is 0 Å². The van der Waals surface area contributed by atoms with Crippen LogP contribution in [0.5, 0.6) is 11.8 Å². The summed E-state index contributed by atoms with van der Waals surface area (Å²) in [5.74, 6) is 0.657. The van der Waals surface area contributed by atoms with Gasteiger partial charge in [-0.2, -0.15) is 4.98 Å². The van der Waals surface area contributed by atoms with E-state index in [0.29, 0.717) is 29.5 Å². The van der Waals surface area contributed by atoms with Gasteiger partial charge in [-0.25, -0.2) is 4.79 Å². The van der Waals surface area contributed by atoms with Gasteiger partial charge in [-0.3, -0.25) is 18.5 Å². The van der Waals surface area contributed by atoms with E-state index in [-0.39, 0.29) is 5.56 Å². The molecule has 7 heteroatoms. The van der Waals surface area contributed by atoms with Crippen molar-refractivity contribution in [2.24, 2.45) is 14.1 Å². The summed E-state index contributed by atoms with van der Waals surface area (Å²) in [6.07, 6.45) is 5.53. The lowest BCUT2D eigenvalue weighted by Crippen LogP contribution is -2.37. The summed E-state index contributed by atoms with van der Waals surface area (Å²) in [5, 5.41) is 0. The third kappa shape index (κ3) is 3.88. The van der Waals surface area contributed by atoms with E-state index in [9.17, 15) is 9.59 Å². The van der Waals surface area contributed by atoms with Gasteiger partial charge in [0.25, 0.3) is 5.56 Å². The fraction of sp³-hybridized carbons (Fsp3) is 0.476. The lowest BCUT2D eigenvalue weighted by atomic mass is 10.1. The summed E-state index contributed by atoms with van der Waals surface area (Å²) in [6, 6.07) is 8.02. The number of ether oxygens (including phenoxy) is 1. The molecule has 0 N–H and O–H groups in total. The Morgan fingerprint density at radius 3 is 2.50 bits per heavy atom. The first kappa shape index (κ1) is 19.9. The molecular formula is C21H28N4O3. The van der Waals surface area contributed by atoms with Gasteiger partial charge >= 0.3 is 11.7 Å². The molecule has 7 nitrogen and oxygen atoms in total. The fourth-order valence-corrected chi connectivity index (χ4v) is 3.37. The van der Waals surface area contributed by atoms with Crippen molar-refractivity contribution in [3.63, 3.8) is 0 Å². The van der Waals surface area contributed by atoms with E-state index in [4.69, 9.17) is 4.74 Å². The predicted octanol–water partition coefficient (Wildman–Crippen LogP) is 3.50. The number of benzene rings is 1. The van der Waals surface area contributed by atoms with Crippen LogP contribution < -0.4 is 16.0 Å². The molecule has 0 atom stereocenters. The van der Waals surface area contributed by atoms with Crippen molar-refractivity contribution >= 4 is 11.2 Å². The Morgan fingerprint density at radius 2 is 1.79 bits per heavy atom. The smallest absolute Gasteiger partial charge is 0.332 e. The molecule has 3 aromatic rings. The number of unbranched alkanes of at least 4 members (excludes halogenated alkanes) is 4. The van der Waals surface area contributed by atoms with E-state index < -0.39 is 5.69 Å². The van der Waals surface area contributed by atoms with Gasteiger partial charge in [0.05, 0.1) is 0 Å². The minimum atomic E-state index is -0.396.